The fraction of sp³-hybridized carbons (Fsp3) is 0.625. The van der Waals surface area contributed by atoms with Gasteiger partial charge in [0.05, 0.1) is 0 Å². The van der Waals surface area contributed by atoms with Gasteiger partial charge in [0.2, 0.25) is 0 Å². The van der Waals surface area contributed by atoms with E-state index in [1.165, 1.54) is 60.7 Å². The number of aryl methyl sites for hydroxylation is 1. The lowest BCUT2D eigenvalue weighted by Gasteiger charge is -2.52. The third-order valence-corrected chi connectivity index (χ3v) is 5.63. The number of halogens is 1. The SMILES string of the molecule is Cc1ccc(NC2CCC23CCCCC3)c(Br)c1. The molecule has 1 N–H and O–H groups in total. The van der Waals surface area contributed by atoms with E-state index >= 15 is 0 Å². The maximum atomic E-state index is 3.79. The first kappa shape index (κ1) is 12.5. The lowest BCUT2D eigenvalue weighted by molar-refractivity contribution is 0.0571. The number of anilines is 1. The lowest BCUT2D eigenvalue weighted by atomic mass is 9.57. The van der Waals surface area contributed by atoms with Gasteiger partial charge in [-0.15, -0.1) is 0 Å². The molecule has 98 valence electrons. The summed E-state index contributed by atoms with van der Waals surface area (Å²) in [5.74, 6) is 0. The highest BCUT2D eigenvalue weighted by molar-refractivity contribution is 9.10. The Bertz CT molecular complexity index is 435. The van der Waals surface area contributed by atoms with Gasteiger partial charge in [-0.2, -0.15) is 0 Å². The van der Waals surface area contributed by atoms with Crippen molar-refractivity contribution in [1.29, 1.82) is 0 Å². The van der Waals surface area contributed by atoms with Gasteiger partial charge < -0.3 is 5.32 Å². The average molecular weight is 308 g/mol. The van der Waals surface area contributed by atoms with Crippen molar-refractivity contribution in [3.8, 4) is 0 Å². The van der Waals surface area contributed by atoms with Crippen molar-refractivity contribution < 1.29 is 0 Å². The first-order chi connectivity index (χ1) is 8.70. The average Bonchev–Trinajstić information content (AvgIpc) is 2.37. The Balaban J connectivity index is 1.72. The lowest BCUT2D eigenvalue weighted by Crippen LogP contribution is -2.50. The fourth-order valence-corrected chi connectivity index (χ4v) is 4.31. The van der Waals surface area contributed by atoms with Gasteiger partial charge in [-0.25, -0.2) is 0 Å². The highest BCUT2D eigenvalue weighted by atomic mass is 79.9. The number of hydrogen-bond donors (Lipinski definition) is 1. The fourth-order valence-electron chi connectivity index (χ4n) is 3.70. The standard InChI is InChI=1S/C16H22BrN/c1-12-5-6-14(13(17)11-12)18-15-7-10-16(15)8-3-2-4-9-16/h5-6,11,15,18H,2-4,7-10H2,1H3. The molecule has 0 aliphatic heterocycles. The number of nitrogens with one attached hydrogen (secondary N) is 1. The first-order valence-corrected chi connectivity index (χ1v) is 8.02. The highest BCUT2D eigenvalue weighted by Crippen LogP contribution is 2.52. The summed E-state index contributed by atoms with van der Waals surface area (Å²) in [5.41, 5.74) is 3.21. The summed E-state index contributed by atoms with van der Waals surface area (Å²) in [6.07, 6.45) is 9.99. The molecule has 0 amide bonds. The van der Waals surface area contributed by atoms with E-state index in [-0.39, 0.29) is 0 Å². The maximum absolute atomic E-state index is 3.79. The second-order valence-corrected chi connectivity index (χ2v) is 7.00. The zero-order valence-electron chi connectivity index (χ0n) is 11.1. The predicted molar refractivity (Wildman–Crippen MR) is 81.0 cm³/mol. The van der Waals surface area contributed by atoms with E-state index in [4.69, 9.17) is 0 Å². The van der Waals surface area contributed by atoms with E-state index < -0.39 is 0 Å². The van der Waals surface area contributed by atoms with Crippen LogP contribution >= 0.6 is 15.9 Å². The van der Waals surface area contributed by atoms with E-state index in [1.807, 2.05) is 0 Å². The Morgan fingerprint density at radius 2 is 1.94 bits per heavy atom. The molecule has 1 nitrogen and oxygen atoms in total. The van der Waals surface area contributed by atoms with Crippen LogP contribution in [0.4, 0.5) is 5.69 Å². The summed E-state index contributed by atoms with van der Waals surface area (Å²) in [6.45, 7) is 2.14. The Morgan fingerprint density at radius 1 is 1.17 bits per heavy atom. The molecular formula is C16H22BrN. The molecule has 1 spiro atoms. The van der Waals surface area contributed by atoms with Crippen LogP contribution in [0.15, 0.2) is 22.7 Å². The minimum Gasteiger partial charge on any atom is -0.381 e. The highest BCUT2D eigenvalue weighted by Gasteiger charge is 2.46. The van der Waals surface area contributed by atoms with E-state index in [0.29, 0.717) is 11.5 Å². The summed E-state index contributed by atoms with van der Waals surface area (Å²) < 4.78 is 1.21. The molecule has 1 unspecified atom stereocenters. The molecule has 1 atom stereocenters. The van der Waals surface area contributed by atoms with Crippen LogP contribution in [-0.4, -0.2) is 6.04 Å². The van der Waals surface area contributed by atoms with Gasteiger partial charge in [0, 0.05) is 16.2 Å². The summed E-state index contributed by atoms with van der Waals surface area (Å²) in [5, 5.41) is 3.79. The van der Waals surface area contributed by atoms with Crippen molar-refractivity contribution >= 4 is 21.6 Å². The molecule has 2 heteroatoms. The van der Waals surface area contributed by atoms with Crippen LogP contribution < -0.4 is 5.32 Å². The van der Waals surface area contributed by atoms with Gasteiger partial charge in [0.25, 0.3) is 0 Å². The Labute approximate surface area is 118 Å². The summed E-state index contributed by atoms with van der Waals surface area (Å²) in [4.78, 5) is 0. The molecule has 2 aliphatic rings. The zero-order valence-corrected chi connectivity index (χ0v) is 12.7. The van der Waals surface area contributed by atoms with E-state index in [2.05, 4.69) is 46.4 Å². The summed E-state index contributed by atoms with van der Waals surface area (Å²) >= 11 is 3.68. The molecule has 0 heterocycles. The molecule has 0 radical (unpaired) electrons. The van der Waals surface area contributed by atoms with Crippen LogP contribution in [0.2, 0.25) is 0 Å². The van der Waals surface area contributed by atoms with Crippen LogP contribution in [0.3, 0.4) is 0 Å². The van der Waals surface area contributed by atoms with Crippen LogP contribution in [0.1, 0.15) is 50.5 Å². The minimum atomic E-state index is 0.628. The van der Waals surface area contributed by atoms with Gasteiger partial charge in [0.15, 0.2) is 0 Å². The Hall–Kier alpha value is -0.500. The van der Waals surface area contributed by atoms with Crippen LogP contribution in [0.5, 0.6) is 0 Å². The van der Waals surface area contributed by atoms with Crippen molar-refractivity contribution in [3.05, 3.63) is 28.2 Å². The van der Waals surface area contributed by atoms with Crippen molar-refractivity contribution in [2.75, 3.05) is 5.32 Å². The molecule has 2 fully saturated rings. The molecule has 2 aliphatic carbocycles. The summed E-state index contributed by atoms with van der Waals surface area (Å²) in [6, 6.07) is 7.32. The molecule has 3 rings (SSSR count). The molecule has 0 bridgehead atoms. The molecule has 18 heavy (non-hydrogen) atoms. The molecule has 0 saturated heterocycles. The topological polar surface area (TPSA) is 12.0 Å². The number of hydrogen-bond acceptors (Lipinski definition) is 1. The number of benzene rings is 1. The van der Waals surface area contributed by atoms with Gasteiger partial charge in [-0.05, 0) is 71.6 Å². The van der Waals surface area contributed by atoms with Gasteiger partial charge in [-0.3, -0.25) is 0 Å². The number of rotatable bonds is 2. The smallest absolute Gasteiger partial charge is 0.0487 e. The van der Waals surface area contributed by atoms with Crippen molar-refractivity contribution in [1.82, 2.24) is 0 Å². The Morgan fingerprint density at radius 3 is 2.56 bits per heavy atom. The summed E-state index contributed by atoms with van der Waals surface area (Å²) in [7, 11) is 0. The van der Waals surface area contributed by atoms with Crippen molar-refractivity contribution in [2.24, 2.45) is 5.41 Å². The quantitative estimate of drug-likeness (QED) is 0.783. The maximum Gasteiger partial charge on any atom is 0.0487 e. The molecule has 1 aromatic carbocycles. The van der Waals surface area contributed by atoms with E-state index in [1.54, 1.807) is 0 Å². The van der Waals surface area contributed by atoms with E-state index in [0.717, 1.165) is 0 Å². The van der Waals surface area contributed by atoms with Crippen molar-refractivity contribution in [2.45, 2.75) is 57.9 Å². The first-order valence-electron chi connectivity index (χ1n) is 7.22. The van der Waals surface area contributed by atoms with Gasteiger partial charge in [0.1, 0.15) is 0 Å². The normalized spacial score (nSPS) is 25.8. The molecule has 1 aromatic rings. The second kappa shape index (κ2) is 4.88. The monoisotopic (exact) mass is 307 g/mol. The molecular weight excluding hydrogens is 286 g/mol. The second-order valence-electron chi connectivity index (χ2n) is 6.14. The van der Waals surface area contributed by atoms with Crippen LogP contribution in [0, 0.1) is 12.3 Å². The molecule has 2 saturated carbocycles. The largest absolute Gasteiger partial charge is 0.381 e. The van der Waals surface area contributed by atoms with Gasteiger partial charge >= 0.3 is 0 Å². The third-order valence-electron chi connectivity index (χ3n) is 4.97. The zero-order chi connectivity index (χ0) is 12.6. The van der Waals surface area contributed by atoms with Crippen LogP contribution in [0.25, 0.3) is 0 Å². The van der Waals surface area contributed by atoms with Crippen molar-refractivity contribution in [3.63, 3.8) is 0 Å². The van der Waals surface area contributed by atoms with Crippen LogP contribution in [-0.2, 0) is 0 Å². The van der Waals surface area contributed by atoms with E-state index in [9.17, 15) is 0 Å². The Kier molecular flexibility index (Phi) is 3.40. The third kappa shape index (κ3) is 2.20. The minimum absolute atomic E-state index is 0.628. The van der Waals surface area contributed by atoms with Gasteiger partial charge in [-0.1, -0.05) is 25.3 Å². The molecule has 0 aromatic heterocycles. The predicted octanol–water partition coefficient (Wildman–Crippen LogP) is 5.28.